The number of nitrogens with zero attached hydrogens (tertiary/aromatic N) is 1. The van der Waals surface area contributed by atoms with Crippen molar-refractivity contribution in [1.29, 1.82) is 0 Å². The second-order valence-corrected chi connectivity index (χ2v) is 4.13. The van der Waals surface area contributed by atoms with Crippen LogP contribution in [0, 0.1) is 0 Å². The molecule has 0 atom stereocenters. The van der Waals surface area contributed by atoms with Crippen molar-refractivity contribution in [3.63, 3.8) is 0 Å². The average molecular weight is 261 g/mol. The SMILES string of the molecule is COCCOCCNc1ccc(N)c2ncccc12. The number of ether oxygens (including phenoxy) is 2. The summed E-state index contributed by atoms with van der Waals surface area (Å²) in [6.45, 7) is 2.60. The van der Waals surface area contributed by atoms with Crippen molar-refractivity contribution in [2.75, 3.05) is 44.5 Å². The molecule has 5 nitrogen and oxygen atoms in total. The molecule has 0 amide bonds. The normalized spacial score (nSPS) is 10.8. The fourth-order valence-electron chi connectivity index (χ4n) is 1.85. The fourth-order valence-corrected chi connectivity index (χ4v) is 1.85. The molecule has 0 unspecified atom stereocenters. The summed E-state index contributed by atoms with van der Waals surface area (Å²) in [5.74, 6) is 0. The van der Waals surface area contributed by atoms with Gasteiger partial charge in [0.25, 0.3) is 0 Å². The van der Waals surface area contributed by atoms with Gasteiger partial charge in [-0.25, -0.2) is 0 Å². The van der Waals surface area contributed by atoms with Crippen molar-refractivity contribution in [1.82, 2.24) is 4.98 Å². The number of fused-ring (bicyclic) bond motifs is 1. The molecule has 0 aliphatic carbocycles. The zero-order valence-corrected chi connectivity index (χ0v) is 11.1. The number of methoxy groups -OCH3 is 1. The zero-order valence-electron chi connectivity index (χ0n) is 11.1. The number of aromatic nitrogens is 1. The minimum absolute atomic E-state index is 0.613. The first-order valence-corrected chi connectivity index (χ1v) is 6.26. The van der Waals surface area contributed by atoms with E-state index >= 15 is 0 Å². The highest BCUT2D eigenvalue weighted by atomic mass is 16.5. The maximum atomic E-state index is 5.91. The number of rotatable bonds is 7. The minimum Gasteiger partial charge on any atom is -0.397 e. The summed E-state index contributed by atoms with van der Waals surface area (Å²) >= 11 is 0. The van der Waals surface area contributed by atoms with E-state index in [1.807, 2.05) is 24.3 Å². The molecule has 0 saturated carbocycles. The first kappa shape index (κ1) is 13.6. The molecule has 0 aliphatic heterocycles. The second kappa shape index (κ2) is 6.92. The Bertz CT molecular complexity index is 531. The molecule has 0 radical (unpaired) electrons. The Kier molecular flexibility index (Phi) is 4.94. The molecule has 0 saturated heterocycles. The standard InChI is InChI=1S/C14H19N3O2/c1-18-9-10-19-8-7-16-13-5-4-12(15)14-11(13)3-2-6-17-14/h2-6,16H,7-10,15H2,1H3. The first-order chi connectivity index (χ1) is 9.33. The molecular formula is C14H19N3O2. The fraction of sp³-hybridized carbons (Fsp3) is 0.357. The molecule has 5 heteroatoms. The summed E-state index contributed by atoms with van der Waals surface area (Å²) in [6.07, 6.45) is 1.75. The summed E-state index contributed by atoms with van der Waals surface area (Å²) in [4.78, 5) is 4.30. The van der Waals surface area contributed by atoms with Crippen molar-refractivity contribution in [3.8, 4) is 0 Å². The quantitative estimate of drug-likeness (QED) is 0.588. The third kappa shape index (κ3) is 3.56. The number of nitrogens with two attached hydrogens (primary N) is 1. The van der Waals surface area contributed by atoms with E-state index in [2.05, 4.69) is 10.3 Å². The van der Waals surface area contributed by atoms with E-state index in [0.717, 1.165) is 23.1 Å². The maximum absolute atomic E-state index is 5.91. The van der Waals surface area contributed by atoms with Crippen LogP contribution in [0.4, 0.5) is 11.4 Å². The van der Waals surface area contributed by atoms with E-state index < -0.39 is 0 Å². The number of benzene rings is 1. The van der Waals surface area contributed by atoms with Gasteiger partial charge in [-0.15, -0.1) is 0 Å². The van der Waals surface area contributed by atoms with Crippen LogP contribution < -0.4 is 11.1 Å². The monoisotopic (exact) mass is 261 g/mol. The lowest BCUT2D eigenvalue weighted by Crippen LogP contribution is -2.12. The van der Waals surface area contributed by atoms with E-state index in [-0.39, 0.29) is 0 Å². The van der Waals surface area contributed by atoms with Crippen molar-refractivity contribution in [3.05, 3.63) is 30.5 Å². The molecular weight excluding hydrogens is 242 g/mol. The zero-order chi connectivity index (χ0) is 13.5. The van der Waals surface area contributed by atoms with Gasteiger partial charge in [-0.2, -0.15) is 0 Å². The number of nitrogen functional groups attached to an aromatic ring is 1. The number of hydrogen-bond donors (Lipinski definition) is 2. The molecule has 2 aromatic rings. The predicted octanol–water partition coefficient (Wildman–Crippen LogP) is 1.89. The van der Waals surface area contributed by atoms with E-state index in [0.29, 0.717) is 25.5 Å². The van der Waals surface area contributed by atoms with Crippen LogP contribution in [0.3, 0.4) is 0 Å². The highest BCUT2D eigenvalue weighted by Crippen LogP contribution is 2.25. The third-order valence-electron chi connectivity index (χ3n) is 2.79. The van der Waals surface area contributed by atoms with Crippen LogP contribution in [0.2, 0.25) is 0 Å². The number of pyridine rings is 1. The number of anilines is 2. The number of nitrogens with one attached hydrogen (secondary N) is 1. The molecule has 3 N–H and O–H groups in total. The van der Waals surface area contributed by atoms with Crippen molar-refractivity contribution < 1.29 is 9.47 Å². The lowest BCUT2D eigenvalue weighted by Gasteiger charge is -2.11. The predicted molar refractivity (Wildman–Crippen MR) is 77.3 cm³/mol. The van der Waals surface area contributed by atoms with Crippen LogP contribution in [0.1, 0.15) is 0 Å². The molecule has 0 fully saturated rings. The Hall–Kier alpha value is -1.85. The summed E-state index contributed by atoms with van der Waals surface area (Å²) in [7, 11) is 1.66. The smallest absolute Gasteiger partial charge is 0.0951 e. The molecule has 0 aliphatic rings. The second-order valence-electron chi connectivity index (χ2n) is 4.13. The Morgan fingerprint density at radius 1 is 1.21 bits per heavy atom. The van der Waals surface area contributed by atoms with Gasteiger partial charge in [-0.1, -0.05) is 0 Å². The minimum atomic E-state index is 0.613. The maximum Gasteiger partial charge on any atom is 0.0951 e. The van der Waals surface area contributed by atoms with Crippen LogP contribution in [-0.2, 0) is 9.47 Å². The van der Waals surface area contributed by atoms with E-state index in [1.54, 1.807) is 13.3 Å². The van der Waals surface area contributed by atoms with Crippen LogP contribution in [0.25, 0.3) is 10.9 Å². The van der Waals surface area contributed by atoms with Gasteiger partial charge in [0, 0.05) is 30.9 Å². The van der Waals surface area contributed by atoms with Crippen LogP contribution in [-0.4, -0.2) is 38.5 Å². The highest BCUT2D eigenvalue weighted by molar-refractivity contribution is 5.98. The molecule has 1 aromatic heterocycles. The van der Waals surface area contributed by atoms with Crippen molar-refractivity contribution in [2.45, 2.75) is 0 Å². The van der Waals surface area contributed by atoms with Gasteiger partial charge in [0.15, 0.2) is 0 Å². The number of hydrogen-bond acceptors (Lipinski definition) is 5. The van der Waals surface area contributed by atoms with Gasteiger partial charge < -0.3 is 20.5 Å². The highest BCUT2D eigenvalue weighted by Gasteiger charge is 2.03. The average Bonchev–Trinajstić information content (AvgIpc) is 2.45. The van der Waals surface area contributed by atoms with E-state index in [4.69, 9.17) is 15.2 Å². The molecule has 2 rings (SSSR count). The largest absolute Gasteiger partial charge is 0.397 e. The molecule has 0 bridgehead atoms. The first-order valence-electron chi connectivity index (χ1n) is 6.26. The van der Waals surface area contributed by atoms with Gasteiger partial charge in [-0.05, 0) is 24.3 Å². The van der Waals surface area contributed by atoms with Gasteiger partial charge in [-0.3, -0.25) is 4.98 Å². The Morgan fingerprint density at radius 3 is 2.95 bits per heavy atom. The molecule has 0 spiro atoms. The molecule has 102 valence electrons. The lowest BCUT2D eigenvalue weighted by atomic mass is 10.1. The summed E-state index contributed by atoms with van der Waals surface area (Å²) < 4.78 is 10.3. The van der Waals surface area contributed by atoms with E-state index in [9.17, 15) is 0 Å². The topological polar surface area (TPSA) is 69.4 Å². The van der Waals surface area contributed by atoms with Crippen LogP contribution >= 0.6 is 0 Å². The summed E-state index contributed by atoms with van der Waals surface area (Å²) in [5.41, 5.74) is 8.45. The summed E-state index contributed by atoms with van der Waals surface area (Å²) in [5, 5.41) is 4.36. The van der Waals surface area contributed by atoms with Gasteiger partial charge in [0.2, 0.25) is 0 Å². The Morgan fingerprint density at radius 2 is 2.11 bits per heavy atom. The van der Waals surface area contributed by atoms with Crippen LogP contribution in [0.15, 0.2) is 30.5 Å². The molecule has 1 heterocycles. The Labute approximate surface area is 112 Å². The van der Waals surface area contributed by atoms with Gasteiger partial charge >= 0.3 is 0 Å². The van der Waals surface area contributed by atoms with E-state index in [1.165, 1.54) is 0 Å². The van der Waals surface area contributed by atoms with Crippen molar-refractivity contribution >= 4 is 22.3 Å². The Balaban J connectivity index is 1.96. The van der Waals surface area contributed by atoms with Crippen LogP contribution in [0.5, 0.6) is 0 Å². The third-order valence-corrected chi connectivity index (χ3v) is 2.79. The van der Waals surface area contributed by atoms with Gasteiger partial charge in [0.05, 0.1) is 31.0 Å². The van der Waals surface area contributed by atoms with Crippen molar-refractivity contribution in [2.24, 2.45) is 0 Å². The lowest BCUT2D eigenvalue weighted by molar-refractivity contribution is 0.0759. The molecule has 19 heavy (non-hydrogen) atoms. The van der Waals surface area contributed by atoms with Gasteiger partial charge in [0.1, 0.15) is 0 Å². The molecule has 1 aromatic carbocycles. The summed E-state index contributed by atoms with van der Waals surface area (Å²) in [6, 6.07) is 7.74.